The number of carbonyl (C=O) groups is 2. The molecule has 4 aliphatic heterocycles. The molecule has 7 heterocycles. The second-order valence-corrected chi connectivity index (χ2v) is 13.5. The van der Waals surface area contributed by atoms with E-state index in [2.05, 4.69) is 15.4 Å². The molecule has 0 spiro atoms. The summed E-state index contributed by atoms with van der Waals surface area (Å²) in [5, 5.41) is 17.7. The number of pyridine rings is 1. The third kappa shape index (κ3) is 5.71. The number of anilines is 2. The number of carbonyl (C=O) groups excluding carboxylic acids is 2. The first-order chi connectivity index (χ1) is 24.9. The second-order valence-electron chi connectivity index (χ2n) is 13.1. The van der Waals surface area contributed by atoms with Crippen LogP contribution in [0.2, 0.25) is 5.02 Å². The first-order valence-electron chi connectivity index (χ1n) is 16.8. The number of aromatic hydroxyl groups is 1. The van der Waals surface area contributed by atoms with Gasteiger partial charge in [0.1, 0.15) is 11.7 Å². The Hall–Kier alpha value is -5.16. The largest absolute Gasteiger partial charge is 0.503 e. The number of ether oxygens (including phenoxy) is 2. The summed E-state index contributed by atoms with van der Waals surface area (Å²) < 4.78 is 53.6. The minimum absolute atomic E-state index is 0.00354. The summed E-state index contributed by atoms with van der Waals surface area (Å²) in [5.41, 5.74) is 0.875. The summed E-state index contributed by atoms with van der Waals surface area (Å²) in [6, 6.07) is 1.77. The van der Waals surface area contributed by atoms with E-state index in [-0.39, 0.29) is 72.2 Å². The molecule has 52 heavy (non-hydrogen) atoms. The predicted molar refractivity (Wildman–Crippen MR) is 181 cm³/mol. The molecule has 272 valence electrons. The highest BCUT2D eigenvalue weighted by atomic mass is 35.5. The summed E-state index contributed by atoms with van der Waals surface area (Å²) >= 11 is 6.19. The minimum atomic E-state index is -4.61. The van der Waals surface area contributed by atoms with Crippen molar-refractivity contribution >= 4 is 46.1 Å². The summed E-state index contributed by atoms with van der Waals surface area (Å²) in [6.07, 6.45) is 0.125. The van der Waals surface area contributed by atoms with Crippen molar-refractivity contribution in [2.75, 3.05) is 56.2 Å². The first kappa shape index (κ1) is 34.0. The maximum absolute atomic E-state index is 14.4. The van der Waals surface area contributed by atoms with Crippen molar-refractivity contribution in [3.8, 4) is 11.5 Å². The molecule has 18 heteroatoms. The Morgan fingerprint density at radius 1 is 1.12 bits per heavy atom. The maximum Gasteiger partial charge on any atom is 0.416 e. The molecule has 0 aliphatic carbocycles. The first-order valence-corrected chi connectivity index (χ1v) is 17.2. The van der Waals surface area contributed by atoms with Crippen molar-refractivity contribution in [1.29, 1.82) is 0 Å². The van der Waals surface area contributed by atoms with Gasteiger partial charge in [-0.15, -0.1) is 5.10 Å². The molecule has 2 N–H and O–H groups in total. The summed E-state index contributed by atoms with van der Waals surface area (Å²) in [4.78, 5) is 54.1. The molecule has 2 amide bonds. The van der Waals surface area contributed by atoms with Crippen molar-refractivity contribution in [2.45, 2.75) is 44.3 Å². The van der Waals surface area contributed by atoms with Gasteiger partial charge in [0.25, 0.3) is 11.5 Å². The average Bonchev–Trinajstić information content (AvgIpc) is 3.88. The van der Waals surface area contributed by atoms with Crippen LogP contribution in [0, 0.1) is 0 Å². The van der Waals surface area contributed by atoms with Crippen LogP contribution in [0.3, 0.4) is 0 Å². The number of alkyl halides is 3. The van der Waals surface area contributed by atoms with Crippen LogP contribution in [-0.2, 0) is 22.1 Å². The second kappa shape index (κ2) is 12.8. The third-order valence-electron chi connectivity index (χ3n) is 9.95. The van der Waals surface area contributed by atoms with Gasteiger partial charge in [-0.1, -0.05) is 24.6 Å². The summed E-state index contributed by atoms with van der Waals surface area (Å²) in [6.45, 7) is 3.99. The lowest BCUT2D eigenvalue weighted by molar-refractivity contribution is -0.137. The molecule has 14 nitrogen and oxygen atoms in total. The zero-order chi connectivity index (χ0) is 36.5. The molecule has 0 bridgehead atoms. The normalized spacial score (nSPS) is 20.1. The fourth-order valence-corrected chi connectivity index (χ4v) is 7.55. The number of nitrogens with one attached hydrogen (secondary N) is 1. The van der Waals surface area contributed by atoms with E-state index in [0.717, 1.165) is 29.3 Å². The lowest BCUT2D eigenvalue weighted by Crippen LogP contribution is -2.51. The van der Waals surface area contributed by atoms with Gasteiger partial charge in [0.05, 0.1) is 41.8 Å². The van der Waals surface area contributed by atoms with Crippen molar-refractivity contribution in [3.05, 3.63) is 74.2 Å². The van der Waals surface area contributed by atoms with Crippen LogP contribution in [-0.4, -0.2) is 92.0 Å². The molecule has 1 fully saturated rings. The van der Waals surface area contributed by atoms with Crippen LogP contribution in [0.25, 0.3) is 11.4 Å². The van der Waals surface area contributed by atoms with Crippen LogP contribution in [0.5, 0.6) is 11.5 Å². The van der Waals surface area contributed by atoms with Crippen LogP contribution in [0.1, 0.15) is 64.9 Å². The van der Waals surface area contributed by atoms with E-state index >= 15 is 0 Å². The SMILES string of the molecule is CC1CC(C(=O)Nc2ccc(C(F)(F)F)cc2Cl)n2c1c(N1CCN(C(=O)c3ncc4c(c3O)OCC4)CC1)c(=O)n1nc(C3=CCOCC3)nc21. The number of piperazine rings is 1. The fourth-order valence-electron chi connectivity index (χ4n) is 7.32. The van der Waals surface area contributed by atoms with Gasteiger partial charge in [-0.05, 0) is 36.6 Å². The summed E-state index contributed by atoms with van der Waals surface area (Å²) in [7, 11) is 0. The molecule has 4 aliphatic rings. The Balaban J connectivity index is 1.14. The van der Waals surface area contributed by atoms with E-state index in [4.69, 9.17) is 26.1 Å². The van der Waals surface area contributed by atoms with Crippen molar-refractivity contribution in [1.82, 2.24) is 29.0 Å². The van der Waals surface area contributed by atoms with Crippen LogP contribution in [0.4, 0.5) is 24.5 Å². The topological polar surface area (TPSA) is 156 Å². The number of fused-ring (bicyclic) bond motifs is 4. The zero-order valence-corrected chi connectivity index (χ0v) is 28.5. The molecule has 2 atom stereocenters. The smallest absolute Gasteiger partial charge is 0.416 e. The number of rotatable bonds is 5. The number of amides is 2. The Bertz CT molecular complexity index is 2230. The molecule has 0 radical (unpaired) electrons. The molecule has 1 aromatic carbocycles. The zero-order valence-electron chi connectivity index (χ0n) is 27.7. The van der Waals surface area contributed by atoms with Gasteiger partial charge < -0.3 is 29.7 Å². The summed E-state index contributed by atoms with van der Waals surface area (Å²) in [5.74, 6) is -0.917. The highest BCUT2D eigenvalue weighted by Gasteiger charge is 2.41. The lowest BCUT2D eigenvalue weighted by atomic mass is 10.0. The Labute approximate surface area is 298 Å². The van der Waals surface area contributed by atoms with Gasteiger partial charge in [-0.25, -0.2) is 4.98 Å². The molecule has 1 saturated heterocycles. The van der Waals surface area contributed by atoms with Gasteiger partial charge in [0.2, 0.25) is 11.7 Å². The van der Waals surface area contributed by atoms with E-state index in [1.54, 1.807) is 9.47 Å². The number of halogens is 4. The number of hydrogen-bond donors (Lipinski definition) is 2. The standard InChI is InChI=1S/C34H32ClF3N8O6/c1-17-14-23(30(48)40-22-3-2-20(15-21(22)35)34(36,37)38)45-25(17)26(32(50)46-33(45)41-29(42-46)18-4-11-51-12-5-18)43-7-9-44(10-8-43)31(49)24-27(47)28-19(16-39-24)6-13-52-28/h2-4,15-17,23,47H,5-14H2,1H3,(H,40,48). The lowest BCUT2D eigenvalue weighted by Gasteiger charge is -2.36. The van der Waals surface area contributed by atoms with E-state index in [1.165, 1.54) is 10.7 Å². The molecule has 2 unspecified atom stereocenters. The van der Waals surface area contributed by atoms with E-state index < -0.39 is 35.2 Å². The molecular weight excluding hydrogens is 709 g/mol. The van der Waals surface area contributed by atoms with Crippen LogP contribution >= 0.6 is 11.6 Å². The van der Waals surface area contributed by atoms with Crippen LogP contribution < -0.4 is 20.5 Å². The van der Waals surface area contributed by atoms with Gasteiger partial charge in [-0.3, -0.25) is 19.0 Å². The number of hydrogen-bond acceptors (Lipinski definition) is 10. The minimum Gasteiger partial charge on any atom is -0.503 e. The van der Waals surface area contributed by atoms with E-state index in [9.17, 15) is 32.7 Å². The van der Waals surface area contributed by atoms with Gasteiger partial charge in [0, 0.05) is 50.3 Å². The van der Waals surface area contributed by atoms with E-state index in [0.29, 0.717) is 49.9 Å². The van der Waals surface area contributed by atoms with Crippen LogP contribution in [0.15, 0.2) is 35.3 Å². The van der Waals surface area contributed by atoms with Crippen molar-refractivity contribution in [3.63, 3.8) is 0 Å². The Morgan fingerprint density at radius 3 is 2.62 bits per heavy atom. The molecular formula is C34H32ClF3N8O6. The Kier molecular flexibility index (Phi) is 8.36. The quantitative estimate of drug-likeness (QED) is 0.306. The average molecular weight is 741 g/mol. The fraction of sp³-hybridized carbons (Fsp3) is 0.412. The van der Waals surface area contributed by atoms with Crippen molar-refractivity contribution < 1.29 is 37.3 Å². The highest BCUT2D eigenvalue weighted by Crippen LogP contribution is 2.43. The third-order valence-corrected chi connectivity index (χ3v) is 10.3. The van der Waals surface area contributed by atoms with Crippen molar-refractivity contribution in [2.24, 2.45) is 0 Å². The Morgan fingerprint density at radius 2 is 1.90 bits per heavy atom. The molecule has 0 saturated carbocycles. The van der Waals surface area contributed by atoms with Gasteiger partial charge >= 0.3 is 6.18 Å². The monoisotopic (exact) mass is 740 g/mol. The van der Waals surface area contributed by atoms with Gasteiger partial charge in [-0.2, -0.15) is 22.7 Å². The molecule has 4 aromatic rings. The highest BCUT2D eigenvalue weighted by molar-refractivity contribution is 6.33. The number of aromatic nitrogens is 5. The molecule has 3 aromatic heterocycles. The number of benzene rings is 1. The van der Waals surface area contributed by atoms with E-state index in [1.807, 2.05) is 17.9 Å². The maximum atomic E-state index is 14.4. The molecule has 8 rings (SSSR count). The van der Waals surface area contributed by atoms with Gasteiger partial charge in [0.15, 0.2) is 23.0 Å². The predicted octanol–water partition coefficient (Wildman–Crippen LogP) is 4.05. The number of nitrogens with zero attached hydrogens (tertiary/aromatic N) is 7.